The van der Waals surface area contributed by atoms with Gasteiger partial charge < -0.3 is 24.3 Å². The molecule has 0 radical (unpaired) electrons. The molecule has 0 unspecified atom stereocenters. The van der Waals surface area contributed by atoms with Crippen LogP contribution in [0.15, 0.2) is 42.6 Å². The second kappa shape index (κ2) is 8.49. The van der Waals surface area contributed by atoms with E-state index in [4.69, 9.17) is 18.9 Å². The number of rotatable bonds is 8. The second-order valence-corrected chi connectivity index (χ2v) is 5.74. The molecule has 0 fully saturated rings. The van der Waals surface area contributed by atoms with Crippen LogP contribution in [-0.2, 0) is 0 Å². The minimum atomic E-state index is 0.568. The Balaban J connectivity index is 2.00. The van der Waals surface area contributed by atoms with Gasteiger partial charge in [0.15, 0.2) is 23.0 Å². The molecule has 0 saturated carbocycles. The van der Waals surface area contributed by atoms with Gasteiger partial charge in [-0.15, -0.1) is 0 Å². The number of ether oxygens (including phenoxy) is 4. The van der Waals surface area contributed by atoms with E-state index in [2.05, 4.69) is 10.3 Å². The van der Waals surface area contributed by atoms with Crippen LogP contribution < -0.4 is 24.3 Å². The summed E-state index contributed by atoms with van der Waals surface area (Å²) in [6.45, 7) is 5.06. The summed E-state index contributed by atoms with van der Waals surface area (Å²) in [5, 5.41) is 4.36. The molecule has 0 aliphatic rings. The number of aromatic nitrogens is 1. The molecule has 142 valence electrons. The van der Waals surface area contributed by atoms with Crippen molar-refractivity contribution in [1.82, 2.24) is 4.98 Å². The van der Waals surface area contributed by atoms with E-state index >= 15 is 0 Å². The first kappa shape index (κ1) is 18.6. The molecule has 0 amide bonds. The Morgan fingerprint density at radius 2 is 1.52 bits per heavy atom. The average Bonchev–Trinajstić information content (AvgIpc) is 2.69. The number of fused-ring (bicyclic) bond motifs is 1. The molecule has 0 aliphatic carbocycles. The number of nitrogens with zero attached hydrogens (tertiary/aromatic N) is 1. The number of pyridine rings is 1. The SMILES string of the molecule is CCOc1ccc(Nc2ccnc3cc(OC)c(OC)cc23)cc1OCC. The smallest absolute Gasteiger partial charge is 0.163 e. The summed E-state index contributed by atoms with van der Waals surface area (Å²) >= 11 is 0. The minimum Gasteiger partial charge on any atom is -0.493 e. The zero-order valence-corrected chi connectivity index (χ0v) is 16.0. The lowest BCUT2D eigenvalue weighted by molar-refractivity contribution is 0.288. The summed E-state index contributed by atoms with van der Waals surface area (Å²) in [5.74, 6) is 2.75. The van der Waals surface area contributed by atoms with Gasteiger partial charge in [-0.2, -0.15) is 0 Å². The zero-order chi connectivity index (χ0) is 19.2. The van der Waals surface area contributed by atoms with E-state index in [1.54, 1.807) is 20.4 Å². The molecule has 1 N–H and O–H groups in total. The first-order valence-corrected chi connectivity index (χ1v) is 8.87. The van der Waals surface area contributed by atoms with Gasteiger partial charge in [0, 0.05) is 35.1 Å². The zero-order valence-electron chi connectivity index (χ0n) is 16.0. The van der Waals surface area contributed by atoms with Crippen molar-refractivity contribution in [3.63, 3.8) is 0 Å². The maximum absolute atomic E-state index is 5.71. The molecule has 6 nitrogen and oxygen atoms in total. The van der Waals surface area contributed by atoms with Gasteiger partial charge in [-0.25, -0.2) is 0 Å². The predicted octanol–water partition coefficient (Wildman–Crippen LogP) is 4.79. The molecule has 0 spiro atoms. The number of anilines is 2. The predicted molar refractivity (Wildman–Crippen MR) is 107 cm³/mol. The lowest BCUT2D eigenvalue weighted by atomic mass is 10.1. The van der Waals surface area contributed by atoms with Crippen molar-refractivity contribution < 1.29 is 18.9 Å². The number of hydrogen-bond donors (Lipinski definition) is 1. The van der Waals surface area contributed by atoms with Crippen LogP contribution in [0.25, 0.3) is 10.9 Å². The van der Waals surface area contributed by atoms with E-state index in [1.165, 1.54) is 0 Å². The second-order valence-electron chi connectivity index (χ2n) is 5.74. The van der Waals surface area contributed by atoms with E-state index < -0.39 is 0 Å². The molecule has 0 atom stereocenters. The Kier molecular flexibility index (Phi) is 5.86. The van der Waals surface area contributed by atoms with Crippen molar-refractivity contribution >= 4 is 22.3 Å². The van der Waals surface area contributed by atoms with Crippen LogP contribution in [0.5, 0.6) is 23.0 Å². The highest BCUT2D eigenvalue weighted by molar-refractivity contribution is 5.95. The first-order chi connectivity index (χ1) is 13.2. The molecule has 6 heteroatoms. The number of methoxy groups -OCH3 is 2. The molecule has 3 aromatic rings. The molecule has 2 aromatic carbocycles. The molecule has 3 rings (SSSR count). The van der Waals surface area contributed by atoms with E-state index in [1.807, 2.05) is 50.2 Å². The Hall–Kier alpha value is -3.15. The van der Waals surface area contributed by atoms with Gasteiger partial charge in [0.2, 0.25) is 0 Å². The van der Waals surface area contributed by atoms with Gasteiger partial charge in [0.25, 0.3) is 0 Å². The van der Waals surface area contributed by atoms with Crippen LogP contribution in [-0.4, -0.2) is 32.4 Å². The fourth-order valence-electron chi connectivity index (χ4n) is 2.87. The lowest BCUT2D eigenvalue weighted by Gasteiger charge is -2.15. The standard InChI is InChI=1S/C21H24N2O4/c1-5-26-18-8-7-14(11-21(18)27-6-2)23-16-9-10-22-17-13-20(25-4)19(24-3)12-15(16)17/h7-13H,5-6H2,1-4H3,(H,22,23). The van der Waals surface area contributed by atoms with Gasteiger partial charge in [0.05, 0.1) is 33.0 Å². The van der Waals surface area contributed by atoms with E-state index in [-0.39, 0.29) is 0 Å². The number of hydrogen-bond acceptors (Lipinski definition) is 6. The van der Waals surface area contributed by atoms with Crippen LogP contribution >= 0.6 is 0 Å². The minimum absolute atomic E-state index is 0.568. The van der Waals surface area contributed by atoms with Gasteiger partial charge in [0.1, 0.15) is 0 Å². The summed E-state index contributed by atoms with van der Waals surface area (Å²) in [4.78, 5) is 4.43. The van der Waals surface area contributed by atoms with Crippen LogP contribution in [0.1, 0.15) is 13.8 Å². The van der Waals surface area contributed by atoms with E-state index in [9.17, 15) is 0 Å². The van der Waals surface area contributed by atoms with Crippen molar-refractivity contribution in [2.24, 2.45) is 0 Å². The molecule has 0 saturated heterocycles. The van der Waals surface area contributed by atoms with E-state index in [0.29, 0.717) is 30.5 Å². The maximum atomic E-state index is 5.71. The monoisotopic (exact) mass is 368 g/mol. The third kappa shape index (κ3) is 4.00. The Bertz CT molecular complexity index is 927. The molecule has 1 aromatic heterocycles. The highest BCUT2D eigenvalue weighted by Crippen LogP contribution is 2.37. The third-order valence-corrected chi connectivity index (χ3v) is 4.07. The summed E-state index contributed by atoms with van der Waals surface area (Å²) < 4.78 is 22.1. The number of nitrogens with one attached hydrogen (secondary N) is 1. The normalized spacial score (nSPS) is 10.5. The Morgan fingerprint density at radius 3 is 2.22 bits per heavy atom. The topological polar surface area (TPSA) is 61.8 Å². The fraction of sp³-hybridized carbons (Fsp3) is 0.286. The van der Waals surface area contributed by atoms with Crippen LogP contribution in [0.3, 0.4) is 0 Å². The van der Waals surface area contributed by atoms with Gasteiger partial charge in [-0.3, -0.25) is 4.98 Å². The van der Waals surface area contributed by atoms with Crippen molar-refractivity contribution in [3.05, 3.63) is 42.6 Å². The molecular formula is C21H24N2O4. The molecule has 0 aliphatic heterocycles. The summed E-state index contributed by atoms with van der Waals surface area (Å²) in [7, 11) is 3.23. The molecule has 27 heavy (non-hydrogen) atoms. The Morgan fingerprint density at radius 1 is 0.815 bits per heavy atom. The van der Waals surface area contributed by atoms with E-state index in [0.717, 1.165) is 28.0 Å². The largest absolute Gasteiger partial charge is 0.493 e. The lowest BCUT2D eigenvalue weighted by Crippen LogP contribution is -2.00. The highest BCUT2D eigenvalue weighted by atomic mass is 16.5. The highest BCUT2D eigenvalue weighted by Gasteiger charge is 2.11. The van der Waals surface area contributed by atoms with Gasteiger partial charge in [-0.05, 0) is 38.1 Å². The molecule has 1 heterocycles. The van der Waals surface area contributed by atoms with Crippen molar-refractivity contribution in [2.75, 3.05) is 32.8 Å². The van der Waals surface area contributed by atoms with Gasteiger partial charge in [-0.1, -0.05) is 0 Å². The fourth-order valence-corrected chi connectivity index (χ4v) is 2.87. The van der Waals surface area contributed by atoms with Crippen LogP contribution in [0.2, 0.25) is 0 Å². The van der Waals surface area contributed by atoms with Gasteiger partial charge >= 0.3 is 0 Å². The molecular weight excluding hydrogens is 344 g/mol. The first-order valence-electron chi connectivity index (χ1n) is 8.87. The summed E-state index contributed by atoms with van der Waals surface area (Å²) in [6, 6.07) is 11.5. The summed E-state index contributed by atoms with van der Waals surface area (Å²) in [5.41, 5.74) is 2.62. The molecule has 0 bridgehead atoms. The van der Waals surface area contributed by atoms with Crippen molar-refractivity contribution in [1.29, 1.82) is 0 Å². The van der Waals surface area contributed by atoms with Crippen LogP contribution in [0, 0.1) is 0 Å². The van der Waals surface area contributed by atoms with Crippen molar-refractivity contribution in [3.8, 4) is 23.0 Å². The number of benzene rings is 2. The van der Waals surface area contributed by atoms with Crippen molar-refractivity contribution in [2.45, 2.75) is 13.8 Å². The van der Waals surface area contributed by atoms with Crippen LogP contribution in [0.4, 0.5) is 11.4 Å². The average molecular weight is 368 g/mol. The third-order valence-electron chi connectivity index (χ3n) is 4.07. The summed E-state index contributed by atoms with van der Waals surface area (Å²) in [6.07, 6.45) is 1.76. The Labute approximate surface area is 159 Å². The quantitative estimate of drug-likeness (QED) is 0.617. The maximum Gasteiger partial charge on any atom is 0.163 e.